The predicted octanol–water partition coefficient (Wildman–Crippen LogP) is 4.43. The summed E-state index contributed by atoms with van der Waals surface area (Å²) in [6, 6.07) is 14.5. The van der Waals surface area contributed by atoms with Crippen LogP contribution < -0.4 is 10.2 Å². The highest BCUT2D eigenvalue weighted by molar-refractivity contribution is 6.03. The quantitative estimate of drug-likeness (QED) is 0.752. The van der Waals surface area contributed by atoms with Crippen LogP contribution in [0.4, 0.5) is 17.2 Å². The molecule has 0 bridgehead atoms. The molecule has 0 radical (unpaired) electrons. The second kappa shape index (κ2) is 6.83. The van der Waals surface area contributed by atoms with Crippen molar-refractivity contribution in [2.75, 3.05) is 10.2 Å². The van der Waals surface area contributed by atoms with Crippen LogP contribution in [-0.4, -0.2) is 21.9 Å². The lowest BCUT2D eigenvalue weighted by Gasteiger charge is -2.23. The molecule has 4 rings (SSSR count). The van der Waals surface area contributed by atoms with Crippen molar-refractivity contribution in [3.05, 3.63) is 77.2 Å². The molecule has 136 valence electrons. The number of carbonyl (C=O) groups excluding carboxylic acids is 1. The Hall–Kier alpha value is -3.21. The first-order valence-corrected chi connectivity index (χ1v) is 9.11. The van der Waals surface area contributed by atoms with Crippen LogP contribution in [-0.2, 0) is 6.42 Å². The summed E-state index contributed by atoms with van der Waals surface area (Å²) in [5, 5.41) is 2.93. The van der Waals surface area contributed by atoms with Gasteiger partial charge in [0.25, 0.3) is 5.91 Å². The van der Waals surface area contributed by atoms with E-state index in [9.17, 15) is 4.79 Å². The number of hydrogen-bond acceptors (Lipinski definition) is 4. The number of para-hydroxylation sites is 1. The summed E-state index contributed by atoms with van der Waals surface area (Å²) in [4.78, 5) is 23.6. The number of hydrogen-bond donors (Lipinski definition) is 1. The zero-order valence-electron chi connectivity index (χ0n) is 15.7. The van der Waals surface area contributed by atoms with E-state index in [2.05, 4.69) is 45.3 Å². The van der Waals surface area contributed by atoms with Crippen molar-refractivity contribution >= 4 is 23.1 Å². The van der Waals surface area contributed by atoms with Gasteiger partial charge in [0, 0.05) is 17.4 Å². The molecule has 2 heterocycles. The minimum absolute atomic E-state index is 0.252. The van der Waals surface area contributed by atoms with Gasteiger partial charge >= 0.3 is 0 Å². The Morgan fingerprint density at radius 2 is 1.89 bits per heavy atom. The van der Waals surface area contributed by atoms with Crippen molar-refractivity contribution in [1.82, 2.24) is 9.97 Å². The molecule has 1 amide bonds. The second-order valence-electron chi connectivity index (χ2n) is 7.01. The Morgan fingerprint density at radius 3 is 2.67 bits per heavy atom. The van der Waals surface area contributed by atoms with Gasteiger partial charge in [-0.25, -0.2) is 9.97 Å². The molecule has 1 aromatic heterocycles. The molecule has 5 nitrogen and oxygen atoms in total. The summed E-state index contributed by atoms with van der Waals surface area (Å²) in [5.41, 5.74) is 5.76. The average molecular weight is 358 g/mol. The smallest absolute Gasteiger partial charge is 0.275 e. The van der Waals surface area contributed by atoms with E-state index in [1.54, 1.807) is 12.4 Å². The molecule has 1 aliphatic rings. The average Bonchev–Trinajstić information content (AvgIpc) is 3.01. The number of anilines is 3. The van der Waals surface area contributed by atoms with E-state index in [-0.39, 0.29) is 5.91 Å². The molecule has 1 aliphatic heterocycles. The van der Waals surface area contributed by atoms with Crippen molar-refractivity contribution in [3.8, 4) is 0 Å². The normalized spacial score (nSPS) is 15.5. The maximum Gasteiger partial charge on any atom is 0.275 e. The lowest BCUT2D eigenvalue weighted by molar-refractivity contribution is 0.102. The molecule has 1 atom stereocenters. The number of fused-ring (bicyclic) bond motifs is 1. The zero-order chi connectivity index (χ0) is 19.0. The molecule has 3 aromatic rings. The molecular formula is C22H22N4O. The fraction of sp³-hybridized carbons (Fsp3) is 0.227. The van der Waals surface area contributed by atoms with Gasteiger partial charge in [0.15, 0.2) is 5.82 Å². The first-order chi connectivity index (χ1) is 13.0. The number of benzene rings is 2. The van der Waals surface area contributed by atoms with Crippen LogP contribution in [0, 0.1) is 13.8 Å². The highest BCUT2D eigenvalue weighted by atomic mass is 16.1. The van der Waals surface area contributed by atoms with Gasteiger partial charge in [-0.2, -0.15) is 0 Å². The van der Waals surface area contributed by atoms with Crippen molar-refractivity contribution in [2.24, 2.45) is 0 Å². The molecule has 0 fully saturated rings. The van der Waals surface area contributed by atoms with Crippen molar-refractivity contribution < 1.29 is 4.79 Å². The summed E-state index contributed by atoms with van der Waals surface area (Å²) in [6.45, 7) is 6.18. The molecule has 5 heteroatoms. The Balaban J connectivity index is 1.56. The zero-order valence-corrected chi connectivity index (χ0v) is 15.7. The molecule has 0 aliphatic carbocycles. The first-order valence-electron chi connectivity index (χ1n) is 9.11. The molecule has 27 heavy (non-hydrogen) atoms. The topological polar surface area (TPSA) is 58.1 Å². The van der Waals surface area contributed by atoms with Gasteiger partial charge in [-0.3, -0.25) is 4.79 Å². The molecule has 0 spiro atoms. The molecule has 0 saturated carbocycles. The van der Waals surface area contributed by atoms with E-state index in [1.165, 1.54) is 5.56 Å². The van der Waals surface area contributed by atoms with Crippen LogP contribution in [0.1, 0.15) is 34.1 Å². The molecule has 2 aromatic carbocycles. The van der Waals surface area contributed by atoms with Crippen LogP contribution in [0.5, 0.6) is 0 Å². The third kappa shape index (κ3) is 3.16. The van der Waals surface area contributed by atoms with Gasteiger partial charge in [-0.05, 0) is 56.0 Å². The van der Waals surface area contributed by atoms with Gasteiger partial charge in [0.1, 0.15) is 5.69 Å². The van der Waals surface area contributed by atoms with Gasteiger partial charge in [-0.1, -0.05) is 30.3 Å². The standard InChI is InChI=1S/C22H22N4O/c1-14-7-6-9-18(16(14)3)25-22(27)19-12-24-21(13-23-19)26-15(2)11-17-8-4-5-10-20(17)26/h4-10,12-13,15H,11H2,1-3H3,(H,25,27). The summed E-state index contributed by atoms with van der Waals surface area (Å²) in [6.07, 6.45) is 4.20. The van der Waals surface area contributed by atoms with Crippen LogP contribution in [0.3, 0.4) is 0 Å². The molecule has 0 saturated heterocycles. The second-order valence-corrected chi connectivity index (χ2v) is 7.01. The lowest BCUT2D eigenvalue weighted by Crippen LogP contribution is -2.25. The molecule has 1 N–H and O–H groups in total. The molecular weight excluding hydrogens is 336 g/mol. The number of nitrogens with one attached hydrogen (secondary N) is 1. The van der Waals surface area contributed by atoms with E-state index in [0.29, 0.717) is 11.7 Å². The fourth-order valence-corrected chi connectivity index (χ4v) is 3.55. The van der Waals surface area contributed by atoms with E-state index >= 15 is 0 Å². The number of aryl methyl sites for hydroxylation is 1. The van der Waals surface area contributed by atoms with Crippen LogP contribution in [0.25, 0.3) is 0 Å². The maximum atomic E-state index is 12.5. The summed E-state index contributed by atoms with van der Waals surface area (Å²) in [7, 11) is 0. The van der Waals surface area contributed by atoms with E-state index in [1.807, 2.05) is 38.1 Å². The highest BCUT2D eigenvalue weighted by Crippen LogP contribution is 2.36. The third-order valence-corrected chi connectivity index (χ3v) is 5.18. The van der Waals surface area contributed by atoms with E-state index in [0.717, 1.165) is 34.7 Å². The van der Waals surface area contributed by atoms with E-state index in [4.69, 9.17) is 0 Å². The lowest BCUT2D eigenvalue weighted by atomic mass is 10.1. The Morgan fingerprint density at radius 1 is 1.07 bits per heavy atom. The van der Waals surface area contributed by atoms with Gasteiger partial charge in [-0.15, -0.1) is 0 Å². The van der Waals surface area contributed by atoms with Gasteiger partial charge < -0.3 is 10.2 Å². The first kappa shape index (κ1) is 17.2. The number of aromatic nitrogens is 2. The highest BCUT2D eigenvalue weighted by Gasteiger charge is 2.28. The fourth-order valence-electron chi connectivity index (χ4n) is 3.55. The van der Waals surface area contributed by atoms with Crippen molar-refractivity contribution in [3.63, 3.8) is 0 Å². The third-order valence-electron chi connectivity index (χ3n) is 5.18. The summed E-state index contributed by atoms with van der Waals surface area (Å²) >= 11 is 0. The van der Waals surface area contributed by atoms with Crippen LogP contribution in [0.2, 0.25) is 0 Å². The maximum absolute atomic E-state index is 12.5. The van der Waals surface area contributed by atoms with Gasteiger partial charge in [0.2, 0.25) is 0 Å². The van der Waals surface area contributed by atoms with Crippen LogP contribution in [0.15, 0.2) is 54.9 Å². The van der Waals surface area contributed by atoms with Crippen molar-refractivity contribution in [2.45, 2.75) is 33.2 Å². The van der Waals surface area contributed by atoms with Crippen LogP contribution >= 0.6 is 0 Å². The monoisotopic (exact) mass is 358 g/mol. The number of nitrogens with zero attached hydrogens (tertiary/aromatic N) is 3. The SMILES string of the molecule is Cc1cccc(NC(=O)c2cnc(N3c4ccccc4CC3C)cn2)c1C. The Labute approximate surface area is 159 Å². The Bertz CT molecular complexity index is 997. The minimum Gasteiger partial charge on any atom is -0.322 e. The largest absolute Gasteiger partial charge is 0.322 e. The predicted molar refractivity (Wildman–Crippen MR) is 108 cm³/mol. The van der Waals surface area contributed by atoms with E-state index < -0.39 is 0 Å². The summed E-state index contributed by atoms with van der Waals surface area (Å²) < 4.78 is 0. The minimum atomic E-state index is -0.252. The Kier molecular flexibility index (Phi) is 4.36. The molecule has 1 unspecified atom stereocenters. The number of rotatable bonds is 3. The van der Waals surface area contributed by atoms with Gasteiger partial charge in [0.05, 0.1) is 12.4 Å². The number of amides is 1. The summed E-state index contributed by atoms with van der Waals surface area (Å²) in [5.74, 6) is 0.508. The van der Waals surface area contributed by atoms with Crippen molar-refractivity contribution in [1.29, 1.82) is 0 Å². The number of carbonyl (C=O) groups is 1.